The molecule has 116 valence electrons. The monoisotopic (exact) mass is 319 g/mol. The average Bonchev–Trinajstić information content (AvgIpc) is 2.47. The lowest BCUT2D eigenvalue weighted by molar-refractivity contribution is 0.0697. The van der Waals surface area contributed by atoms with E-state index < -0.39 is 16.0 Å². The van der Waals surface area contributed by atoms with Gasteiger partial charge in [0.1, 0.15) is 0 Å². The second-order valence-electron chi connectivity index (χ2n) is 5.17. The van der Waals surface area contributed by atoms with E-state index in [9.17, 15) is 18.3 Å². The summed E-state index contributed by atoms with van der Waals surface area (Å²) in [5.41, 5.74) is 2.03. The first-order chi connectivity index (χ1) is 10.2. The zero-order chi connectivity index (χ0) is 16.5. The summed E-state index contributed by atoms with van der Waals surface area (Å²) in [6, 6.07) is 11.4. The van der Waals surface area contributed by atoms with Crippen molar-refractivity contribution in [2.75, 3.05) is 14.1 Å². The van der Waals surface area contributed by atoms with Crippen LogP contribution in [0.4, 0.5) is 0 Å². The number of hydrogen-bond donors (Lipinski definition) is 1. The first-order valence-corrected chi connectivity index (χ1v) is 8.04. The lowest BCUT2D eigenvalue weighted by atomic mass is 9.98. The first-order valence-electron chi connectivity index (χ1n) is 6.60. The third-order valence-electron chi connectivity index (χ3n) is 3.33. The smallest absolute Gasteiger partial charge is 0.336 e. The summed E-state index contributed by atoms with van der Waals surface area (Å²) < 4.78 is 25.5. The first kappa shape index (κ1) is 16.2. The van der Waals surface area contributed by atoms with Crippen molar-refractivity contribution in [1.29, 1.82) is 0 Å². The SMILES string of the molecule is Cc1ccc(-c2cccc(S(=O)(=O)N(C)C)c2)c(C(=O)O)c1. The van der Waals surface area contributed by atoms with E-state index in [1.165, 1.54) is 26.2 Å². The van der Waals surface area contributed by atoms with Gasteiger partial charge < -0.3 is 5.11 Å². The number of carbonyl (C=O) groups is 1. The molecule has 0 aliphatic rings. The molecule has 0 radical (unpaired) electrons. The molecule has 0 aromatic heterocycles. The van der Waals surface area contributed by atoms with Crippen molar-refractivity contribution in [3.63, 3.8) is 0 Å². The van der Waals surface area contributed by atoms with Crippen molar-refractivity contribution >= 4 is 16.0 Å². The van der Waals surface area contributed by atoms with Crippen LogP contribution in [0.25, 0.3) is 11.1 Å². The fourth-order valence-corrected chi connectivity index (χ4v) is 3.07. The van der Waals surface area contributed by atoms with E-state index in [1.807, 2.05) is 6.92 Å². The van der Waals surface area contributed by atoms with Crippen molar-refractivity contribution in [2.45, 2.75) is 11.8 Å². The maximum atomic E-state index is 12.2. The number of aryl methyl sites for hydroxylation is 1. The molecule has 0 atom stereocenters. The standard InChI is InChI=1S/C16H17NO4S/c1-11-7-8-14(15(9-11)16(18)19)12-5-4-6-13(10-12)22(20,21)17(2)3/h4-10H,1-3H3,(H,18,19). The van der Waals surface area contributed by atoms with Crippen LogP contribution in [0.1, 0.15) is 15.9 Å². The molecule has 2 rings (SSSR count). The maximum Gasteiger partial charge on any atom is 0.336 e. The van der Waals surface area contributed by atoms with E-state index >= 15 is 0 Å². The number of hydrogen-bond acceptors (Lipinski definition) is 3. The molecular formula is C16H17NO4S. The van der Waals surface area contributed by atoms with Crippen LogP contribution in [-0.2, 0) is 10.0 Å². The van der Waals surface area contributed by atoms with Gasteiger partial charge in [0.25, 0.3) is 0 Å². The Balaban J connectivity index is 2.64. The Morgan fingerprint density at radius 2 is 1.77 bits per heavy atom. The second kappa shape index (κ2) is 5.90. The molecule has 0 bridgehead atoms. The minimum absolute atomic E-state index is 0.131. The summed E-state index contributed by atoms with van der Waals surface area (Å²) in [7, 11) is -0.653. The van der Waals surface area contributed by atoms with Gasteiger partial charge in [0, 0.05) is 14.1 Å². The topological polar surface area (TPSA) is 74.7 Å². The van der Waals surface area contributed by atoms with Crippen LogP contribution in [0.2, 0.25) is 0 Å². The van der Waals surface area contributed by atoms with Crippen molar-refractivity contribution in [2.24, 2.45) is 0 Å². The average molecular weight is 319 g/mol. The summed E-state index contributed by atoms with van der Waals surface area (Å²) in [6.07, 6.45) is 0. The number of sulfonamides is 1. The number of aromatic carboxylic acids is 1. The molecule has 6 heteroatoms. The normalized spacial score (nSPS) is 11.6. The lowest BCUT2D eigenvalue weighted by Gasteiger charge is -2.13. The van der Waals surface area contributed by atoms with Gasteiger partial charge in [-0.1, -0.05) is 29.8 Å². The fourth-order valence-electron chi connectivity index (χ4n) is 2.12. The third-order valence-corrected chi connectivity index (χ3v) is 5.14. The molecule has 0 spiro atoms. The molecule has 0 fully saturated rings. The summed E-state index contributed by atoms with van der Waals surface area (Å²) in [4.78, 5) is 11.5. The molecule has 2 aromatic rings. The molecule has 2 aromatic carbocycles. The molecule has 0 saturated heterocycles. The number of benzene rings is 2. The molecule has 0 unspecified atom stereocenters. The van der Waals surface area contributed by atoms with Gasteiger partial charge in [-0.05, 0) is 36.2 Å². The van der Waals surface area contributed by atoms with Crippen LogP contribution in [0.15, 0.2) is 47.4 Å². The third kappa shape index (κ3) is 3.03. The van der Waals surface area contributed by atoms with Gasteiger partial charge in [-0.25, -0.2) is 17.5 Å². The Hall–Kier alpha value is -2.18. The maximum absolute atomic E-state index is 12.2. The van der Waals surface area contributed by atoms with Gasteiger partial charge in [0.15, 0.2) is 0 Å². The quantitative estimate of drug-likeness (QED) is 0.940. The van der Waals surface area contributed by atoms with Crippen molar-refractivity contribution in [3.8, 4) is 11.1 Å². The van der Waals surface area contributed by atoms with Gasteiger partial charge in [-0.3, -0.25) is 0 Å². The van der Waals surface area contributed by atoms with Gasteiger partial charge in [0.05, 0.1) is 10.5 Å². The zero-order valence-corrected chi connectivity index (χ0v) is 13.4. The Morgan fingerprint density at radius 3 is 2.36 bits per heavy atom. The highest BCUT2D eigenvalue weighted by Crippen LogP contribution is 2.27. The van der Waals surface area contributed by atoms with Gasteiger partial charge in [-0.2, -0.15) is 0 Å². The van der Waals surface area contributed by atoms with E-state index in [1.54, 1.807) is 30.3 Å². The highest BCUT2D eigenvalue weighted by atomic mass is 32.2. The molecule has 0 heterocycles. The second-order valence-corrected chi connectivity index (χ2v) is 7.32. The Bertz CT molecular complexity index is 826. The highest BCUT2D eigenvalue weighted by Gasteiger charge is 2.19. The van der Waals surface area contributed by atoms with E-state index in [2.05, 4.69) is 0 Å². The number of carboxylic acid groups (broad SMARTS) is 1. The van der Waals surface area contributed by atoms with E-state index in [0.29, 0.717) is 11.1 Å². The molecule has 1 N–H and O–H groups in total. The molecule has 0 aliphatic carbocycles. The van der Waals surface area contributed by atoms with Crippen LogP contribution >= 0.6 is 0 Å². The van der Waals surface area contributed by atoms with Gasteiger partial charge >= 0.3 is 5.97 Å². The summed E-state index contributed by atoms with van der Waals surface area (Å²) in [5, 5.41) is 9.34. The molecule has 22 heavy (non-hydrogen) atoms. The Labute approximate surface area is 129 Å². The molecule has 0 saturated carbocycles. The Morgan fingerprint density at radius 1 is 1.09 bits per heavy atom. The number of nitrogens with zero attached hydrogens (tertiary/aromatic N) is 1. The molecule has 5 nitrogen and oxygen atoms in total. The van der Waals surface area contributed by atoms with Crippen molar-refractivity contribution in [1.82, 2.24) is 4.31 Å². The predicted molar refractivity (Wildman–Crippen MR) is 84.4 cm³/mol. The van der Waals surface area contributed by atoms with Crippen LogP contribution < -0.4 is 0 Å². The minimum Gasteiger partial charge on any atom is -0.478 e. The summed E-state index contributed by atoms with van der Waals surface area (Å²) >= 11 is 0. The number of rotatable bonds is 4. The van der Waals surface area contributed by atoms with Crippen molar-refractivity contribution < 1.29 is 18.3 Å². The molecular weight excluding hydrogens is 302 g/mol. The summed E-state index contributed by atoms with van der Waals surface area (Å²) in [5.74, 6) is -1.04. The lowest BCUT2D eigenvalue weighted by Crippen LogP contribution is -2.22. The molecule has 0 amide bonds. The van der Waals surface area contributed by atoms with E-state index in [4.69, 9.17) is 0 Å². The Kier molecular flexibility index (Phi) is 4.35. The van der Waals surface area contributed by atoms with Crippen LogP contribution in [0.5, 0.6) is 0 Å². The van der Waals surface area contributed by atoms with E-state index in [0.717, 1.165) is 9.87 Å². The minimum atomic E-state index is -3.56. The van der Waals surface area contributed by atoms with Crippen molar-refractivity contribution in [3.05, 3.63) is 53.6 Å². The van der Waals surface area contributed by atoms with E-state index in [-0.39, 0.29) is 10.5 Å². The largest absolute Gasteiger partial charge is 0.478 e. The van der Waals surface area contributed by atoms with Crippen LogP contribution in [-0.4, -0.2) is 37.9 Å². The van der Waals surface area contributed by atoms with Crippen LogP contribution in [0.3, 0.4) is 0 Å². The fraction of sp³-hybridized carbons (Fsp3) is 0.188. The molecule has 0 aliphatic heterocycles. The predicted octanol–water partition coefficient (Wildman–Crippen LogP) is 2.61. The zero-order valence-electron chi connectivity index (χ0n) is 12.6. The summed E-state index contributed by atoms with van der Waals surface area (Å²) in [6.45, 7) is 1.81. The van der Waals surface area contributed by atoms with Gasteiger partial charge in [-0.15, -0.1) is 0 Å². The van der Waals surface area contributed by atoms with Gasteiger partial charge in [0.2, 0.25) is 10.0 Å². The number of carboxylic acids is 1. The van der Waals surface area contributed by atoms with Crippen LogP contribution in [0, 0.1) is 6.92 Å². The highest BCUT2D eigenvalue weighted by molar-refractivity contribution is 7.89.